The first-order valence-electron chi connectivity index (χ1n) is 3.41. The van der Waals surface area contributed by atoms with Crippen molar-refractivity contribution in [3.05, 3.63) is 15.9 Å². The second kappa shape index (κ2) is 3.71. The molecular weight excluding hydrogens is 224 g/mol. The molecule has 0 aromatic carbocycles. The van der Waals surface area contributed by atoms with Crippen LogP contribution in [0.3, 0.4) is 0 Å². The van der Waals surface area contributed by atoms with Gasteiger partial charge in [-0.15, -0.1) is 0 Å². The molecule has 0 fully saturated rings. The Balaban J connectivity index is 2.76. The van der Waals surface area contributed by atoms with Crippen LogP contribution in [0.25, 0.3) is 0 Å². The number of rotatable bonds is 2. The third kappa shape index (κ3) is 1.85. The summed E-state index contributed by atoms with van der Waals surface area (Å²) in [5.41, 5.74) is 1.59. The minimum atomic E-state index is -0.290. The fourth-order valence-corrected chi connectivity index (χ4v) is 1.11. The molecule has 1 aromatic rings. The Morgan fingerprint density at radius 2 is 2.42 bits per heavy atom. The van der Waals surface area contributed by atoms with Gasteiger partial charge in [-0.05, 0) is 22.9 Å². The van der Waals surface area contributed by atoms with Crippen LogP contribution in [0, 0.1) is 6.92 Å². The average Bonchev–Trinajstić information content (AvgIpc) is 2.36. The second-order valence-corrected chi connectivity index (χ2v) is 3.16. The van der Waals surface area contributed by atoms with Crippen LogP contribution >= 0.6 is 15.9 Å². The molecule has 5 heteroatoms. The van der Waals surface area contributed by atoms with Crippen molar-refractivity contribution in [2.75, 3.05) is 7.11 Å². The monoisotopic (exact) mass is 232 g/mol. The molecule has 66 valence electrons. The van der Waals surface area contributed by atoms with Crippen LogP contribution < -0.4 is 0 Å². The van der Waals surface area contributed by atoms with Gasteiger partial charge < -0.3 is 4.74 Å². The summed E-state index contributed by atoms with van der Waals surface area (Å²) in [4.78, 5) is 10.8. The summed E-state index contributed by atoms with van der Waals surface area (Å²) in [5.74, 6) is -0.290. The molecule has 0 aliphatic heterocycles. The Labute approximate surface area is 78.4 Å². The Morgan fingerprint density at radius 1 is 1.75 bits per heavy atom. The Hall–Kier alpha value is -0.840. The minimum absolute atomic E-state index is 0.196. The van der Waals surface area contributed by atoms with Gasteiger partial charge in [0.2, 0.25) is 0 Å². The number of ether oxygens (including phenoxy) is 1. The van der Waals surface area contributed by atoms with E-state index in [4.69, 9.17) is 0 Å². The van der Waals surface area contributed by atoms with Crippen molar-refractivity contribution in [1.29, 1.82) is 0 Å². The van der Waals surface area contributed by atoms with Crippen LogP contribution in [0.2, 0.25) is 0 Å². The van der Waals surface area contributed by atoms with Crippen molar-refractivity contribution in [2.24, 2.45) is 0 Å². The van der Waals surface area contributed by atoms with Crippen LogP contribution in [-0.2, 0) is 16.0 Å². The molecule has 0 amide bonds. The summed E-state index contributed by atoms with van der Waals surface area (Å²) in [6.45, 7) is 1.87. The van der Waals surface area contributed by atoms with Gasteiger partial charge in [-0.1, -0.05) is 0 Å². The van der Waals surface area contributed by atoms with Crippen LogP contribution in [0.15, 0.2) is 4.47 Å². The topological polar surface area (TPSA) is 55.0 Å². The molecule has 1 N–H and O–H groups in total. The smallest absolute Gasteiger partial charge is 0.311 e. The van der Waals surface area contributed by atoms with E-state index in [9.17, 15) is 4.79 Å². The SMILES string of the molecule is COC(=O)Cc1n[nH]c(C)c1Br. The predicted octanol–water partition coefficient (Wildman–Crippen LogP) is 1.20. The number of aromatic amines is 1. The van der Waals surface area contributed by atoms with Gasteiger partial charge in [0.15, 0.2) is 0 Å². The van der Waals surface area contributed by atoms with E-state index < -0.39 is 0 Å². The molecule has 0 bridgehead atoms. The highest BCUT2D eigenvalue weighted by atomic mass is 79.9. The number of aryl methyl sites for hydroxylation is 1. The number of halogens is 1. The van der Waals surface area contributed by atoms with E-state index in [0.717, 1.165) is 10.2 Å². The normalized spacial score (nSPS) is 9.92. The van der Waals surface area contributed by atoms with Crippen molar-refractivity contribution in [3.8, 4) is 0 Å². The zero-order valence-corrected chi connectivity index (χ0v) is 8.43. The largest absolute Gasteiger partial charge is 0.469 e. The van der Waals surface area contributed by atoms with Crippen molar-refractivity contribution in [2.45, 2.75) is 13.3 Å². The number of carbonyl (C=O) groups excluding carboxylic acids is 1. The van der Waals surface area contributed by atoms with Crippen LogP contribution in [-0.4, -0.2) is 23.3 Å². The lowest BCUT2D eigenvalue weighted by atomic mass is 10.3. The summed E-state index contributed by atoms with van der Waals surface area (Å²) in [5, 5.41) is 6.69. The van der Waals surface area contributed by atoms with Gasteiger partial charge in [-0.25, -0.2) is 0 Å². The summed E-state index contributed by atoms with van der Waals surface area (Å²) in [6, 6.07) is 0. The number of carbonyl (C=O) groups is 1. The molecule has 0 aliphatic carbocycles. The lowest BCUT2D eigenvalue weighted by molar-refractivity contribution is -0.139. The molecule has 0 aliphatic rings. The summed E-state index contributed by atoms with van der Waals surface area (Å²) >= 11 is 3.31. The Morgan fingerprint density at radius 3 is 2.83 bits per heavy atom. The zero-order valence-electron chi connectivity index (χ0n) is 6.85. The molecular formula is C7H9BrN2O2. The van der Waals surface area contributed by atoms with E-state index in [1.165, 1.54) is 7.11 Å². The maximum absolute atomic E-state index is 10.8. The van der Waals surface area contributed by atoms with Gasteiger partial charge in [0.25, 0.3) is 0 Å². The Bertz CT molecular complexity index is 296. The van der Waals surface area contributed by atoms with E-state index in [2.05, 4.69) is 30.9 Å². The standard InChI is InChI=1S/C7H9BrN2O2/c1-4-7(8)5(10-9-4)3-6(11)12-2/h3H2,1-2H3,(H,9,10). The third-order valence-electron chi connectivity index (χ3n) is 1.48. The van der Waals surface area contributed by atoms with Crippen molar-refractivity contribution >= 4 is 21.9 Å². The first-order valence-corrected chi connectivity index (χ1v) is 4.20. The van der Waals surface area contributed by atoms with E-state index in [0.29, 0.717) is 5.69 Å². The fourth-order valence-electron chi connectivity index (χ4n) is 0.792. The van der Waals surface area contributed by atoms with Gasteiger partial charge in [0, 0.05) is 5.69 Å². The predicted molar refractivity (Wildman–Crippen MR) is 46.7 cm³/mol. The van der Waals surface area contributed by atoms with Gasteiger partial charge in [0.1, 0.15) is 0 Å². The number of nitrogens with one attached hydrogen (secondary N) is 1. The van der Waals surface area contributed by atoms with Gasteiger partial charge >= 0.3 is 5.97 Å². The van der Waals surface area contributed by atoms with E-state index >= 15 is 0 Å². The van der Waals surface area contributed by atoms with Crippen LogP contribution in [0.5, 0.6) is 0 Å². The maximum Gasteiger partial charge on any atom is 0.311 e. The number of hydrogen-bond donors (Lipinski definition) is 1. The minimum Gasteiger partial charge on any atom is -0.469 e. The molecule has 1 aromatic heterocycles. The molecule has 4 nitrogen and oxygen atoms in total. The molecule has 0 unspecified atom stereocenters. The highest BCUT2D eigenvalue weighted by Gasteiger charge is 2.11. The van der Waals surface area contributed by atoms with Gasteiger partial charge in [-0.3, -0.25) is 9.89 Å². The van der Waals surface area contributed by atoms with Crippen LogP contribution in [0.1, 0.15) is 11.4 Å². The van der Waals surface area contributed by atoms with E-state index in [-0.39, 0.29) is 12.4 Å². The maximum atomic E-state index is 10.8. The van der Waals surface area contributed by atoms with Gasteiger partial charge in [0.05, 0.1) is 23.7 Å². The van der Waals surface area contributed by atoms with Gasteiger partial charge in [-0.2, -0.15) is 5.10 Å². The molecule has 12 heavy (non-hydrogen) atoms. The molecule has 0 saturated heterocycles. The number of nitrogens with zero attached hydrogens (tertiary/aromatic N) is 1. The fraction of sp³-hybridized carbons (Fsp3) is 0.429. The first-order chi connectivity index (χ1) is 5.65. The first kappa shape index (κ1) is 9.25. The molecule has 0 atom stereocenters. The molecule has 1 heterocycles. The summed E-state index contributed by atoms with van der Waals surface area (Å²) < 4.78 is 5.35. The Kier molecular flexibility index (Phi) is 2.86. The molecule has 0 saturated carbocycles. The number of hydrogen-bond acceptors (Lipinski definition) is 3. The van der Waals surface area contributed by atoms with E-state index in [1.54, 1.807) is 0 Å². The number of methoxy groups -OCH3 is 1. The highest BCUT2D eigenvalue weighted by molar-refractivity contribution is 9.10. The van der Waals surface area contributed by atoms with E-state index in [1.807, 2.05) is 6.92 Å². The van der Waals surface area contributed by atoms with Crippen molar-refractivity contribution in [3.63, 3.8) is 0 Å². The van der Waals surface area contributed by atoms with Crippen molar-refractivity contribution < 1.29 is 9.53 Å². The number of esters is 1. The third-order valence-corrected chi connectivity index (χ3v) is 2.53. The molecule has 0 radical (unpaired) electrons. The number of H-pyrrole nitrogens is 1. The molecule has 1 rings (SSSR count). The average molecular weight is 233 g/mol. The quantitative estimate of drug-likeness (QED) is 0.780. The highest BCUT2D eigenvalue weighted by Crippen LogP contribution is 2.18. The van der Waals surface area contributed by atoms with Crippen LogP contribution in [0.4, 0.5) is 0 Å². The lowest BCUT2D eigenvalue weighted by Crippen LogP contribution is -2.05. The number of aromatic nitrogens is 2. The van der Waals surface area contributed by atoms with Crippen molar-refractivity contribution in [1.82, 2.24) is 10.2 Å². The lowest BCUT2D eigenvalue weighted by Gasteiger charge is -1.95. The second-order valence-electron chi connectivity index (χ2n) is 2.36. The summed E-state index contributed by atoms with van der Waals surface area (Å²) in [6.07, 6.45) is 0.196. The summed E-state index contributed by atoms with van der Waals surface area (Å²) in [7, 11) is 1.36. The molecule has 0 spiro atoms. The zero-order chi connectivity index (χ0) is 9.14.